The third-order valence-electron chi connectivity index (χ3n) is 6.75. The number of hydrogen-bond acceptors (Lipinski definition) is 5. The van der Waals surface area contributed by atoms with Gasteiger partial charge in [-0.3, -0.25) is 4.79 Å². The summed E-state index contributed by atoms with van der Waals surface area (Å²) >= 11 is 0. The van der Waals surface area contributed by atoms with Crippen molar-refractivity contribution in [2.75, 3.05) is 20.6 Å². The topological polar surface area (TPSA) is 104 Å². The van der Waals surface area contributed by atoms with Crippen LogP contribution in [0.4, 0.5) is 0 Å². The third kappa shape index (κ3) is 4.21. The summed E-state index contributed by atoms with van der Waals surface area (Å²) in [5.74, 6) is 1.71. The molecule has 5 rings (SSSR count). The Morgan fingerprint density at radius 2 is 1.94 bits per heavy atom. The van der Waals surface area contributed by atoms with E-state index in [9.17, 15) is 13.2 Å². The van der Waals surface area contributed by atoms with Crippen LogP contribution in [-0.4, -0.2) is 63.7 Å². The van der Waals surface area contributed by atoms with Crippen LogP contribution < -0.4 is 0 Å². The molecule has 1 atom stereocenters. The smallest absolute Gasteiger partial charge is 0.242 e. The van der Waals surface area contributed by atoms with Gasteiger partial charge in [0.2, 0.25) is 15.9 Å². The number of aromatic amines is 1. The molecule has 0 bridgehead atoms. The van der Waals surface area contributed by atoms with Crippen molar-refractivity contribution in [2.24, 2.45) is 0 Å². The molecule has 1 saturated heterocycles. The zero-order valence-electron chi connectivity index (χ0n) is 20.2. The number of benzene rings is 2. The standard InChI is InChI=1S/C25H30N6O3S/c1-4-30-21-12-11-17(35(33,34)29(2)3)16-20(21)26-23(30)13-14-24(32)31-15-7-10-22(31)25-27-18-8-5-6-9-19(18)28-25/h5-6,8-9,11-12,16,22H,4,7,10,13-15H2,1-3H3,(H,27,28)/t22-/m0/s1. The van der Waals surface area contributed by atoms with Crippen molar-refractivity contribution in [3.63, 3.8) is 0 Å². The van der Waals surface area contributed by atoms with Crippen LogP contribution >= 0.6 is 0 Å². The molecule has 3 heterocycles. The number of likely N-dealkylation sites (tertiary alicyclic amines) is 1. The van der Waals surface area contributed by atoms with Gasteiger partial charge in [0, 0.05) is 40.0 Å². The second-order valence-corrected chi connectivity index (χ2v) is 11.2. The zero-order valence-corrected chi connectivity index (χ0v) is 21.0. The monoisotopic (exact) mass is 494 g/mol. The van der Waals surface area contributed by atoms with Crippen LogP contribution in [0.3, 0.4) is 0 Å². The highest BCUT2D eigenvalue weighted by molar-refractivity contribution is 7.89. The Balaban J connectivity index is 1.35. The van der Waals surface area contributed by atoms with Gasteiger partial charge in [-0.05, 0) is 50.1 Å². The fraction of sp³-hybridized carbons (Fsp3) is 0.400. The molecule has 0 unspecified atom stereocenters. The minimum absolute atomic E-state index is 0.0429. The fourth-order valence-electron chi connectivity index (χ4n) is 4.92. The van der Waals surface area contributed by atoms with Crippen molar-refractivity contribution in [3.05, 3.63) is 54.1 Å². The molecule has 35 heavy (non-hydrogen) atoms. The van der Waals surface area contributed by atoms with Gasteiger partial charge in [-0.2, -0.15) is 0 Å². The number of H-pyrrole nitrogens is 1. The van der Waals surface area contributed by atoms with Crippen molar-refractivity contribution in [1.29, 1.82) is 0 Å². The Morgan fingerprint density at radius 1 is 1.14 bits per heavy atom. The van der Waals surface area contributed by atoms with Gasteiger partial charge in [0.05, 0.1) is 33.0 Å². The van der Waals surface area contributed by atoms with Crippen molar-refractivity contribution in [3.8, 4) is 0 Å². The Hall–Kier alpha value is -3.24. The summed E-state index contributed by atoms with van der Waals surface area (Å²) in [7, 11) is -0.519. The quantitative estimate of drug-likeness (QED) is 0.424. The molecule has 184 valence electrons. The van der Waals surface area contributed by atoms with Gasteiger partial charge in [-0.15, -0.1) is 0 Å². The van der Waals surface area contributed by atoms with Gasteiger partial charge in [0.25, 0.3) is 0 Å². The average molecular weight is 495 g/mol. The van der Waals surface area contributed by atoms with E-state index in [2.05, 4.69) is 9.55 Å². The van der Waals surface area contributed by atoms with Crippen LogP contribution in [0.15, 0.2) is 47.4 Å². The molecule has 2 aromatic heterocycles. The summed E-state index contributed by atoms with van der Waals surface area (Å²) in [6.45, 7) is 3.43. The highest BCUT2D eigenvalue weighted by atomic mass is 32.2. The maximum absolute atomic E-state index is 13.3. The van der Waals surface area contributed by atoms with Crippen molar-refractivity contribution < 1.29 is 13.2 Å². The van der Waals surface area contributed by atoms with Crippen LogP contribution in [0.25, 0.3) is 22.1 Å². The number of imidazole rings is 2. The van der Waals surface area contributed by atoms with E-state index < -0.39 is 10.0 Å². The fourth-order valence-corrected chi connectivity index (χ4v) is 5.84. The second-order valence-electron chi connectivity index (χ2n) is 9.09. The number of para-hydroxylation sites is 2. The number of aromatic nitrogens is 4. The molecule has 1 amide bonds. The molecule has 10 heteroatoms. The van der Waals surface area contributed by atoms with Crippen LogP contribution in [0.5, 0.6) is 0 Å². The number of nitrogens with one attached hydrogen (secondary N) is 1. The number of amides is 1. The number of sulfonamides is 1. The van der Waals surface area contributed by atoms with Crippen molar-refractivity contribution in [1.82, 2.24) is 28.7 Å². The number of carbonyl (C=O) groups is 1. The predicted octanol–water partition coefficient (Wildman–Crippen LogP) is 3.48. The van der Waals surface area contributed by atoms with Crippen LogP contribution in [0.1, 0.15) is 43.9 Å². The summed E-state index contributed by atoms with van der Waals surface area (Å²) in [5, 5.41) is 0. The lowest BCUT2D eigenvalue weighted by molar-refractivity contribution is -0.132. The Bertz CT molecular complexity index is 1470. The number of carbonyl (C=O) groups excluding carboxylic acids is 1. The summed E-state index contributed by atoms with van der Waals surface area (Å²) < 4.78 is 28.3. The molecule has 1 aliphatic rings. The number of rotatable bonds is 7. The molecular formula is C25H30N6O3S. The highest BCUT2D eigenvalue weighted by Crippen LogP contribution is 2.32. The lowest BCUT2D eigenvalue weighted by atomic mass is 10.2. The Labute approximate surface area is 204 Å². The minimum Gasteiger partial charge on any atom is -0.340 e. The molecule has 4 aromatic rings. The highest BCUT2D eigenvalue weighted by Gasteiger charge is 2.32. The molecule has 0 aliphatic carbocycles. The number of hydrogen-bond donors (Lipinski definition) is 1. The molecule has 1 N–H and O–H groups in total. The normalized spacial score (nSPS) is 16.7. The molecule has 1 fully saturated rings. The first-order valence-corrected chi connectivity index (χ1v) is 13.4. The SMILES string of the molecule is CCn1c(CCC(=O)N2CCC[C@H]2c2nc3ccccc3[nH]2)nc2cc(S(=O)(=O)N(C)C)ccc21. The summed E-state index contributed by atoms with van der Waals surface area (Å²) in [4.78, 5) is 28.2. The van der Waals surface area contributed by atoms with E-state index in [-0.39, 0.29) is 16.8 Å². The molecule has 0 radical (unpaired) electrons. The first kappa shape index (κ1) is 23.5. The molecular weight excluding hydrogens is 464 g/mol. The lowest BCUT2D eigenvalue weighted by Crippen LogP contribution is -2.31. The van der Waals surface area contributed by atoms with Crippen LogP contribution in [0.2, 0.25) is 0 Å². The van der Waals surface area contributed by atoms with E-state index in [0.29, 0.717) is 24.9 Å². The van der Waals surface area contributed by atoms with E-state index in [1.54, 1.807) is 18.2 Å². The van der Waals surface area contributed by atoms with Gasteiger partial charge in [-0.25, -0.2) is 22.7 Å². The Kier molecular flexibility index (Phi) is 6.10. The van der Waals surface area contributed by atoms with E-state index in [1.807, 2.05) is 36.1 Å². The molecule has 1 aliphatic heterocycles. The summed E-state index contributed by atoms with van der Waals surface area (Å²) in [5.41, 5.74) is 3.38. The first-order valence-electron chi connectivity index (χ1n) is 12.0. The predicted molar refractivity (Wildman–Crippen MR) is 134 cm³/mol. The van der Waals surface area contributed by atoms with Crippen LogP contribution in [0, 0.1) is 0 Å². The summed E-state index contributed by atoms with van der Waals surface area (Å²) in [6.07, 6.45) is 2.66. The van der Waals surface area contributed by atoms with Gasteiger partial charge >= 0.3 is 0 Å². The van der Waals surface area contributed by atoms with Crippen molar-refractivity contribution in [2.45, 2.75) is 50.1 Å². The average Bonchev–Trinajstić information content (AvgIpc) is 3.57. The summed E-state index contributed by atoms with van der Waals surface area (Å²) in [6, 6.07) is 12.9. The second kappa shape index (κ2) is 9.09. The van der Waals surface area contributed by atoms with Crippen LogP contribution in [-0.2, 0) is 27.8 Å². The first-order chi connectivity index (χ1) is 16.8. The Morgan fingerprint density at radius 3 is 2.69 bits per heavy atom. The van der Waals surface area contributed by atoms with Gasteiger partial charge in [-0.1, -0.05) is 12.1 Å². The molecule has 9 nitrogen and oxygen atoms in total. The van der Waals surface area contributed by atoms with E-state index in [4.69, 9.17) is 9.97 Å². The molecule has 0 spiro atoms. The largest absolute Gasteiger partial charge is 0.340 e. The van der Waals surface area contributed by atoms with E-state index >= 15 is 0 Å². The number of nitrogens with zero attached hydrogens (tertiary/aromatic N) is 5. The third-order valence-corrected chi connectivity index (χ3v) is 8.56. The maximum Gasteiger partial charge on any atom is 0.242 e. The van der Waals surface area contributed by atoms with Gasteiger partial charge in [0.15, 0.2) is 0 Å². The minimum atomic E-state index is -3.54. The number of aryl methyl sites for hydroxylation is 2. The maximum atomic E-state index is 13.3. The lowest BCUT2D eigenvalue weighted by Gasteiger charge is -2.23. The zero-order chi connectivity index (χ0) is 24.7. The molecule has 2 aromatic carbocycles. The number of fused-ring (bicyclic) bond motifs is 2. The van der Waals surface area contributed by atoms with E-state index in [1.165, 1.54) is 18.4 Å². The van der Waals surface area contributed by atoms with Gasteiger partial charge < -0.3 is 14.5 Å². The van der Waals surface area contributed by atoms with E-state index in [0.717, 1.165) is 47.6 Å². The van der Waals surface area contributed by atoms with Crippen molar-refractivity contribution >= 4 is 38.0 Å². The molecule has 0 saturated carbocycles. The van der Waals surface area contributed by atoms with Gasteiger partial charge in [0.1, 0.15) is 11.6 Å².